The maximum atomic E-state index is 6.83. The summed E-state index contributed by atoms with van der Waals surface area (Å²) in [4.78, 5) is 15.0. The molecular weight excluding hydrogens is 703 g/mol. The third-order valence-electron chi connectivity index (χ3n) is 10.6. The fourth-order valence-electron chi connectivity index (χ4n) is 7.92. The van der Waals surface area contributed by atoms with Crippen LogP contribution in [0.5, 0.6) is 0 Å². The minimum absolute atomic E-state index is 0.617. The molecule has 0 amide bonds. The average molecular weight is 734 g/mol. The second kappa shape index (κ2) is 13.3. The normalized spacial score (nSPS) is 11.6. The minimum atomic E-state index is 0.617. The van der Waals surface area contributed by atoms with Crippen molar-refractivity contribution >= 4 is 53.4 Å². The Hall–Kier alpha value is -7.21. The molecule has 0 radical (unpaired) electrons. The number of rotatable bonds is 6. The molecule has 0 aliphatic carbocycles. The van der Waals surface area contributed by atoms with E-state index in [1.165, 1.54) is 31.3 Å². The number of hydrogen-bond donors (Lipinski definition) is 0. The lowest BCUT2D eigenvalue weighted by atomic mass is 9.91. The monoisotopic (exact) mass is 733 g/mol. The van der Waals surface area contributed by atoms with Gasteiger partial charge in [0.25, 0.3) is 0 Å². The van der Waals surface area contributed by atoms with Crippen molar-refractivity contribution in [3.05, 3.63) is 188 Å². The zero-order valence-electron chi connectivity index (χ0n) is 30.1. The van der Waals surface area contributed by atoms with Gasteiger partial charge in [0.05, 0.1) is 0 Å². The molecule has 0 atom stereocenters. The minimum Gasteiger partial charge on any atom is -0.455 e. The van der Waals surface area contributed by atoms with E-state index in [-0.39, 0.29) is 0 Å². The summed E-state index contributed by atoms with van der Waals surface area (Å²) in [6.07, 6.45) is 0. The van der Waals surface area contributed by atoms with Crippen molar-refractivity contribution < 1.29 is 4.42 Å². The molecule has 0 spiro atoms. The molecule has 3 heterocycles. The first-order valence-corrected chi connectivity index (χ1v) is 19.5. The van der Waals surface area contributed by atoms with Crippen LogP contribution in [0.2, 0.25) is 0 Å². The fraction of sp³-hybridized carbons (Fsp3) is 0. The van der Waals surface area contributed by atoms with Crippen LogP contribution < -0.4 is 0 Å². The van der Waals surface area contributed by atoms with Crippen molar-refractivity contribution in [3.63, 3.8) is 0 Å². The van der Waals surface area contributed by atoms with Crippen molar-refractivity contribution in [2.75, 3.05) is 0 Å². The van der Waals surface area contributed by atoms with Gasteiger partial charge in [-0.2, -0.15) is 0 Å². The first-order valence-electron chi connectivity index (χ1n) is 18.7. The lowest BCUT2D eigenvalue weighted by Crippen LogP contribution is -2.00. The third-order valence-corrected chi connectivity index (χ3v) is 11.8. The summed E-state index contributed by atoms with van der Waals surface area (Å²) >= 11 is 1.85. The molecule has 5 heteroatoms. The van der Waals surface area contributed by atoms with E-state index < -0.39 is 0 Å². The summed E-state index contributed by atoms with van der Waals surface area (Å²) in [5.74, 6) is 1.89. The van der Waals surface area contributed by atoms with Crippen LogP contribution in [0.3, 0.4) is 0 Å². The summed E-state index contributed by atoms with van der Waals surface area (Å²) < 4.78 is 9.34. The van der Waals surface area contributed by atoms with Crippen LogP contribution in [0.4, 0.5) is 0 Å². The highest BCUT2D eigenvalue weighted by molar-refractivity contribution is 7.26. The van der Waals surface area contributed by atoms with E-state index in [2.05, 4.69) is 121 Å². The Labute approximate surface area is 327 Å². The Morgan fingerprint density at radius 3 is 1.52 bits per heavy atom. The van der Waals surface area contributed by atoms with Crippen LogP contribution in [-0.4, -0.2) is 15.0 Å². The molecule has 0 saturated carbocycles. The number of aromatic nitrogens is 3. The molecule has 3 aromatic heterocycles. The molecule has 11 rings (SSSR count). The van der Waals surface area contributed by atoms with Crippen molar-refractivity contribution in [2.45, 2.75) is 0 Å². The summed E-state index contributed by atoms with van der Waals surface area (Å²) in [7, 11) is 0. The Bertz CT molecular complexity index is 3180. The summed E-state index contributed by atoms with van der Waals surface area (Å²) in [5, 5.41) is 4.69. The van der Waals surface area contributed by atoms with Crippen LogP contribution >= 0.6 is 11.3 Å². The van der Waals surface area contributed by atoms with Gasteiger partial charge in [0.15, 0.2) is 17.5 Å². The predicted molar refractivity (Wildman–Crippen MR) is 233 cm³/mol. The Morgan fingerprint density at radius 2 is 0.839 bits per heavy atom. The van der Waals surface area contributed by atoms with Gasteiger partial charge in [-0.25, -0.2) is 15.0 Å². The second-order valence-electron chi connectivity index (χ2n) is 13.9. The first kappa shape index (κ1) is 32.2. The molecular formula is C51H31N3OS. The lowest BCUT2D eigenvalue weighted by Gasteiger charge is -2.14. The van der Waals surface area contributed by atoms with Gasteiger partial charge in [-0.3, -0.25) is 0 Å². The summed E-state index contributed by atoms with van der Waals surface area (Å²) in [5.41, 5.74) is 11.3. The predicted octanol–water partition coefficient (Wildman–Crippen LogP) is 14.1. The molecule has 0 aliphatic rings. The van der Waals surface area contributed by atoms with E-state index in [1.807, 2.05) is 78.1 Å². The van der Waals surface area contributed by atoms with E-state index in [4.69, 9.17) is 19.4 Å². The smallest absolute Gasteiger partial charge is 0.164 e. The van der Waals surface area contributed by atoms with Crippen LogP contribution in [-0.2, 0) is 0 Å². The van der Waals surface area contributed by atoms with Crippen molar-refractivity contribution in [1.29, 1.82) is 0 Å². The van der Waals surface area contributed by atoms with E-state index >= 15 is 0 Å². The standard InChI is InChI=1S/C51H31N3OS/c1-4-15-32(16-5-1)38-24-13-25-41-42-26-14-27-43(48(42)56-47(38)41)45-37(29-30-40-39-23-10-11-28-44(39)55-46(40)45)35-21-12-22-36(31-35)51-53-49(33-17-6-2-7-18-33)52-50(54-51)34-19-8-3-9-20-34/h1-31H. The largest absolute Gasteiger partial charge is 0.455 e. The Balaban J connectivity index is 1.15. The fourth-order valence-corrected chi connectivity index (χ4v) is 9.28. The van der Waals surface area contributed by atoms with Gasteiger partial charge in [-0.15, -0.1) is 11.3 Å². The van der Waals surface area contributed by atoms with Crippen molar-refractivity contribution in [2.24, 2.45) is 0 Å². The topological polar surface area (TPSA) is 51.8 Å². The summed E-state index contributed by atoms with van der Waals surface area (Å²) in [6.45, 7) is 0. The third kappa shape index (κ3) is 5.40. The molecule has 0 saturated heterocycles. The van der Waals surface area contributed by atoms with Crippen molar-refractivity contribution in [3.8, 4) is 67.5 Å². The number of nitrogens with zero attached hydrogens (tertiary/aromatic N) is 3. The van der Waals surface area contributed by atoms with Gasteiger partial charge in [-0.05, 0) is 40.5 Å². The van der Waals surface area contributed by atoms with E-state index in [1.54, 1.807) is 0 Å². The van der Waals surface area contributed by atoms with Crippen LogP contribution in [0.15, 0.2) is 192 Å². The maximum Gasteiger partial charge on any atom is 0.164 e. The van der Waals surface area contributed by atoms with Gasteiger partial charge >= 0.3 is 0 Å². The zero-order valence-corrected chi connectivity index (χ0v) is 30.9. The highest BCUT2D eigenvalue weighted by Gasteiger charge is 2.22. The molecule has 0 N–H and O–H groups in total. The number of para-hydroxylation sites is 1. The number of thiophene rings is 1. The molecule has 4 nitrogen and oxygen atoms in total. The Kier molecular flexibility index (Phi) is 7.64. The molecule has 0 bridgehead atoms. The van der Waals surface area contributed by atoms with E-state index in [0.29, 0.717) is 17.5 Å². The quantitative estimate of drug-likeness (QED) is 0.171. The van der Waals surface area contributed by atoms with Gasteiger partial charge < -0.3 is 4.42 Å². The average Bonchev–Trinajstić information content (AvgIpc) is 3.86. The molecule has 8 aromatic carbocycles. The first-order chi connectivity index (χ1) is 27.8. The van der Waals surface area contributed by atoms with Gasteiger partial charge in [0.2, 0.25) is 0 Å². The van der Waals surface area contributed by atoms with Crippen LogP contribution in [0.25, 0.3) is 110 Å². The number of fused-ring (bicyclic) bond motifs is 6. The molecule has 0 aliphatic heterocycles. The maximum absolute atomic E-state index is 6.83. The number of hydrogen-bond acceptors (Lipinski definition) is 5. The van der Waals surface area contributed by atoms with Crippen molar-refractivity contribution in [1.82, 2.24) is 15.0 Å². The van der Waals surface area contributed by atoms with Crippen LogP contribution in [0, 0.1) is 0 Å². The van der Waals surface area contributed by atoms with E-state index in [0.717, 1.165) is 60.9 Å². The van der Waals surface area contributed by atoms with Gasteiger partial charge in [0.1, 0.15) is 11.2 Å². The highest BCUT2D eigenvalue weighted by atomic mass is 32.1. The second-order valence-corrected chi connectivity index (χ2v) is 14.9. The molecule has 0 fully saturated rings. The molecule has 262 valence electrons. The van der Waals surface area contributed by atoms with E-state index in [9.17, 15) is 0 Å². The molecule has 56 heavy (non-hydrogen) atoms. The number of furan rings is 1. The number of benzene rings is 8. The molecule has 0 unspecified atom stereocenters. The zero-order chi connectivity index (χ0) is 37.0. The Morgan fingerprint density at radius 1 is 0.339 bits per heavy atom. The SMILES string of the molecule is c1ccc(-c2nc(-c3ccccc3)nc(-c3cccc(-c4ccc5c(oc6ccccc65)c4-c4cccc5c4sc4c(-c6ccccc6)cccc45)c3)n2)cc1. The van der Waals surface area contributed by atoms with Crippen LogP contribution in [0.1, 0.15) is 0 Å². The molecule has 11 aromatic rings. The van der Waals surface area contributed by atoms with Gasteiger partial charge in [-0.1, -0.05) is 170 Å². The highest BCUT2D eigenvalue weighted by Crippen LogP contribution is 2.49. The lowest BCUT2D eigenvalue weighted by molar-refractivity contribution is 0.670. The summed E-state index contributed by atoms with van der Waals surface area (Å²) in [6, 6.07) is 65.5. The van der Waals surface area contributed by atoms with Gasteiger partial charge in [0, 0.05) is 58.8 Å².